The van der Waals surface area contributed by atoms with E-state index in [-0.39, 0.29) is 12.1 Å². The van der Waals surface area contributed by atoms with E-state index in [1.54, 1.807) is 22.7 Å². The summed E-state index contributed by atoms with van der Waals surface area (Å²) in [7, 11) is 0. The minimum Gasteiger partial charge on any atom is -0.336 e. The van der Waals surface area contributed by atoms with Crippen molar-refractivity contribution >= 4 is 28.7 Å². The van der Waals surface area contributed by atoms with E-state index in [1.165, 1.54) is 36.1 Å². The van der Waals surface area contributed by atoms with Gasteiger partial charge in [0.1, 0.15) is 0 Å². The number of likely N-dealkylation sites (tertiary alicyclic amines) is 1. The van der Waals surface area contributed by atoms with E-state index >= 15 is 0 Å². The first-order chi connectivity index (χ1) is 11.8. The number of amides is 2. The number of urea groups is 1. The normalized spacial score (nSPS) is 17.2. The summed E-state index contributed by atoms with van der Waals surface area (Å²) in [5.74, 6) is 0. The fourth-order valence-electron chi connectivity index (χ4n) is 3.16. The molecule has 2 N–H and O–H groups in total. The van der Waals surface area contributed by atoms with Crippen molar-refractivity contribution in [1.29, 1.82) is 0 Å². The molecule has 0 aromatic carbocycles. The molecule has 3 heterocycles. The van der Waals surface area contributed by atoms with Crippen LogP contribution < -0.4 is 10.6 Å². The highest BCUT2D eigenvalue weighted by molar-refractivity contribution is 7.09. The van der Waals surface area contributed by atoms with Gasteiger partial charge < -0.3 is 10.6 Å². The van der Waals surface area contributed by atoms with Gasteiger partial charge in [0.05, 0.1) is 12.6 Å². The maximum Gasteiger partial charge on any atom is 0.315 e. The molecule has 24 heavy (non-hydrogen) atoms. The average Bonchev–Trinajstić information content (AvgIpc) is 3.24. The van der Waals surface area contributed by atoms with Crippen LogP contribution in [0.5, 0.6) is 0 Å². The molecule has 2 amide bonds. The van der Waals surface area contributed by atoms with Gasteiger partial charge in [-0.25, -0.2) is 4.79 Å². The molecule has 130 valence electrons. The zero-order valence-electron chi connectivity index (χ0n) is 13.9. The molecule has 0 radical (unpaired) electrons. The molecule has 2 aromatic rings. The smallest absolute Gasteiger partial charge is 0.315 e. The van der Waals surface area contributed by atoms with Crippen LogP contribution in [0.15, 0.2) is 34.3 Å². The average molecular weight is 364 g/mol. The third-order valence-electron chi connectivity index (χ3n) is 4.47. The maximum absolute atomic E-state index is 12.1. The molecule has 2 aromatic heterocycles. The molecule has 4 nitrogen and oxygen atoms in total. The molecule has 0 unspecified atom stereocenters. The van der Waals surface area contributed by atoms with Crippen LogP contribution in [0.1, 0.15) is 42.2 Å². The van der Waals surface area contributed by atoms with Gasteiger partial charge in [-0.15, -0.1) is 11.3 Å². The first-order valence-electron chi connectivity index (χ1n) is 8.63. The van der Waals surface area contributed by atoms with Crippen molar-refractivity contribution in [2.24, 2.45) is 0 Å². The van der Waals surface area contributed by atoms with Crippen molar-refractivity contribution in [3.05, 3.63) is 44.8 Å². The molecule has 1 atom stereocenters. The third-order valence-corrected chi connectivity index (χ3v) is 6.05. The quantitative estimate of drug-likeness (QED) is 0.807. The van der Waals surface area contributed by atoms with Crippen molar-refractivity contribution in [3.63, 3.8) is 0 Å². The third kappa shape index (κ3) is 5.06. The van der Waals surface area contributed by atoms with Crippen LogP contribution in [0.25, 0.3) is 0 Å². The van der Waals surface area contributed by atoms with Crippen molar-refractivity contribution in [2.45, 2.75) is 38.3 Å². The van der Waals surface area contributed by atoms with E-state index in [1.807, 2.05) is 17.5 Å². The van der Waals surface area contributed by atoms with Crippen LogP contribution in [-0.4, -0.2) is 30.6 Å². The standard InChI is InChI=1S/C18H25N3OS2/c22-18(19-12-16-6-5-10-24-16)20-13-17(15-7-11-23-14-15)21-8-3-1-2-4-9-21/h5-7,10-11,14,17H,1-4,8-9,12-13H2,(H2,19,20,22)/t17-/m1/s1. The number of carbonyl (C=O) groups excluding carboxylic acids is 1. The number of carbonyl (C=O) groups is 1. The fraction of sp³-hybridized carbons (Fsp3) is 0.500. The lowest BCUT2D eigenvalue weighted by Crippen LogP contribution is -2.42. The largest absolute Gasteiger partial charge is 0.336 e. The van der Waals surface area contributed by atoms with Crippen molar-refractivity contribution < 1.29 is 4.79 Å². The maximum atomic E-state index is 12.1. The minimum absolute atomic E-state index is 0.0848. The highest BCUT2D eigenvalue weighted by Crippen LogP contribution is 2.25. The molecule has 1 fully saturated rings. The molecule has 0 spiro atoms. The number of nitrogens with zero attached hydrogens (tertiary/aromatic N) is 1. The minimum atomic E-state index is -0.0848. The van der Waals surface area contributed by atoms with E-state index in [0.29, 0.717) is 13.1 Å². The van der Waals surface area contributed by atoms with Gasteiger partial charge in [-0.3, -0.25) is 4.90 Å². The van der Waals surface area contributed by atoms with E-state index in [2.05, 4.69) is 32.4 Å². The summed E-state index contributed by atoms with van der Waals surface area (Å²) in [6.45, 7) is 3.50. The molecule has 1 aliphatic heterocycles. The molecular formula is C18H25N3OS2. The Morgan fingerprint density at radius 3 is 2.62 bits per heavy atom. The van der Waals surface area contributed by atoms with Crippen LogP contribution in [-0.2, 0) is 6.54 Å². The Hall–Kier alpha value is -1.37. The Morgan fingerprint density at radius 1 is 1.12 bits per heavy atom. The van der Waals surface area contributed by atoms with E-state index in [9.17, 15) is 4.79 Å². The van der Waals surface area contributed by atoms with Crippen LogP contribution >= 0.6 is 22.7 Å². The summed E-state index contributed by atoms with van der Waals surface area (Å²) >= 11 is 3.39. The monoisotopic (exact) mass is 363 g/mol. The Balaban J connectivity index is 1.54. The summed E-state index contributed by atoms with van der Waals surface area (Å²) in [5, 5.41) is 12.4. The molecule has 1 saturated heterocycles. The van der Waals surface area contributed by atoms with Crippen LogP contribution in [0.4, 0.5) is 4.79 Å². The summed E-state index contributed by atoms with van der Waals surface area (Å²) in [4.78, 5) is 15.8. The van der Waals surface area contributed by atoms with E-state index < -0.39 is 0 Å². The molecule has 3 rings (SSSR count). The van der Waals surface area contributed by atoms with Crippen LogP contribution in [0, 0.1) is 0 Å². The number of thiophene rings is 2. The van der Waals surface area contributed by atoms with Gasteiger partial charge in [0.15, 0.2) is 0 Å². The van der Waals surface area contributed by atoms with Gasteiger partial charge in [-0.1, -0.05) is 18.9 Å². The molecule has 0 bridgehead atoms. The molecule has 6 heteroatoms. The summed E-state index contributed by atoms with van der Waals surface area (Å²) in [6, 6.07) is 6.42. The second-order valence-corrected chi connectivity index (χ2v) is 7.98. The fourth-order valence-corrected chi connectivity index (χ4v) is 4.51. The van der Waals surface area contributed by atoms with Gasteiger partial charge in [-0.05, 0) is 59.8 Å². The lowest BCUT2D eigenvalue weighted by atomic mass is 10.1. The Labute approximate surface area is 151 Å². The van der Waals surface area contributed by atoms with Gasteiger partial charge >= 0.3 is 6.03 Å². The lowest BCUT2D eigenvalue weighted by Gasteiger charge is -2.30. The lowest BCUT2D eigenvalue weighted by molar-refractivity contribution is 0.196. The van der Waals surface area contributed by atoms with Crippen LogP contribution in [0.3, 0.4) is 0 Å². The Kier molecular flexibility index (Phi) is 6.69. The highest BCUT2D eigenvalue weighted by atomic mass is 32.1. The number of hydrogen-bond donors (Lipinski definition) is 2. The second kappa shape index (κ2) is 9.20. The Bertz CT molecular complexity index is 590. The van der Waals surface area contributed by atoms with Crippen molar-refractivity contribution in [2.75, 3.05) is 19.6 Å². The summed E-state index contributed by atoms with van der Waals surface area (Å²) in [6.07, 6.45) is 5.15. The van der Waals surface area contributed by atoms with Crippen LogP contribution in [0.2, 0.25) is 0 Å². The summed E-state index contributed by atoms with van der Waals surface area (Å²) < 4.78 is 0. The number of nitrogens with one attached hydrogen (secondary N) is 2. The van der Waals surface area contributed by atoms with E-state index in [0.717, 1.165) is 13.1 Å². The second-order valence-electron chi connectivity index (χ2n) is 6.17. The first kappa shape index (κ1) is 17.5. The zero-order valence-corrected chi connectivity index (χ0v) is 15.5. The van der Waals surface area contributed by atoms with Crippen molar-refractivity contribution in [3.8, 4) is 0 Å². The Morgan fingerprint density at radius 2 is 1.96 bits per heavy atom. The number of rotatable bonds is 6. The SMILES string of the molecule is O=C(NCc1cccs1)NC[C@H](c1ccsc1)N1CCCCCC1. The van der Waals surface area contributed by atoms with Gasteiger partial charge in [-0.2, -0.15) is 11.3 Å². The number of hydrogen-bond acceptors (Lipinski definition) is 4. The highest BCUT2D eigenvalue weighted by Gasteiger charge is 2.22. The van der Waals surface area contributed by atoms with Gasteiger partial charge in [0, 0.05) is 11.4 Å². The van der Waals surface area contributed by atoms with E-state index in [4.69, 9.17) is 0 Å². The zero-order chi connectivity index (χ0) is 16.6. The van der Waals surface area contributed by atoms with Gasteiger partial charge in [0.25, 0.3) is 0 Å². The van der Waals surface area contributed by atoms with Crippen molar-refractivity contribution in [1.82, 2.24) is 15.5 Å². The molecule has 0 saturated carbocycles. The predicted molar refractivity (Wildman–Crippen MR) is 102 cm³/mol. The topological polar surface area (TPSA) is 44.4 Å². The predicted octanol–water partition coefficient (Wildman–Crippen LogP) is 4.23. The van der Waals surface area contributed by atoms with Gasteiger partial charge in [0.2, 0.25) is 0 Å². The summed E-state index contributed by atoms with van der Waals surface area (Å²) in [5.41, 5.74) is 1.32. The molecular weight excluding hydrogens is 338 g/mol. The first-order valence-corrected chi connectivity index (χ1v) is 10.5. The molecule has 1 aliphatic rings. The molecule has 0 aliphatic carbocycles.